The Hall–Kier alpha value is -1.95. The predicted octanol–water partition coefficient (Wildman–Crippen LogP) is 2.10. The highest BCUT2D eigenvalue weighted by molar-refractivity contribution is 5.98. The van der Waals surface area contributed by atoms with Crippen LogP contribution in [0.5, 0.6) is 0 Å². The molecule has 1 amide bonds. The fourth-order valence-corrected chi connectivity index (χ4v) is 2.89. The molecule has 1 fully saturated rings. The second-order valence-corrected chi connectivity index (χ2v) is 5.71. The van der Waals surface area contributed by atoms with Gasteiger partial charge >= 0.3 is 0 Å². The van der Waals surface area contributed by atoms with Gasteiger partial charge in [-0.1, -0.05) is 12.1 Å². The van der Waals surface area contributed by atoms with Gasteiger partial charge in [0.25, 0.3) is 11.6 Å². The van der Waals surface area contributed by atoms with E-state index in [1.54, 1.807) is 24.0 Å². The molecule has 6 nitrogen and oxygen atoms in total. The van der Waals surface area contributed by atoms with Crippen molar-refractivity contribution in [3.05, 3.63) is 39.4 Å². The highest BCUT2D eigenvalue weighted by Gasteiger charge is 2.32. The lowest BCUT2D eigenvalue weighted by Gasteiger charge is -2.37. The van der Waals surface area contributed by atoms with Crippen LogP contribution in [-0.2, 0) is 0 Å². The van der Waals surface area contributed by atoms with Crippen molar-refractivity contribution >= 4 is 11.6 Å². The van der Waals surface area contributed by atoms with Crippen LogP contribution in [0.25, 0.3) is 0 Å². The Labute approximate surface area is 124 Å². The molecule has 0 spiro atoms. The highest BCUT2D eigenvalue weighted by atomic mass is 16.6. The molecule has 1 aliphatic heterocycles. The van der Waals surface area contributed by atoms with Gasteiger partial charge in [0, 0.05) is 18.2 Å². The van der Waals surface area contributed by atoms with Gasteiger partial charge in [0.2, 0.25) is 0 Å². The summed E-state index contributed by atoms with van der Waals surface area (Å²) in [4.78, 5) is 25.2. The van der Waals surface area contributed by atoms with E-state index in [0.717, 1.165) is 12.8 Å². The van der Waals surface area contributed by atoms with E-state index in [1.165, 1.54) is 6.07 Å². The lowest BCUT2D eigenvalue weighted by molar-refractivity contribution is -0.385. The zero-order chi connectivity index (χ0) is 15.6. The number of para-hydroxylation sites is 1. The zero-order valence-electron chi connectivity index (χ0n) is 12.4. The minimum Gasteiger partial charge on any atom is -0.335 e. The Kier molecular flexibility index (Phi) is 4.57. The molecule has 1 aromatic carbocycles. The Bertz CT molecular complexity index is 559. The summed E-state index contributed by atoms with van der Waals surface area (Å²) in [6.07, 6.45) is 1.88. The maximum Gasteiger partial charge on any atom is 0.285 e. The molecule has 0 aliphatic carbocycles. The van der Waals surface area contributed by atoms with Gasteiger partial charge in [0.1, 0.15) is 5.56 Å². The first-order valence-electron chi connectivity index (χ1n) is 7.20. The van der Waals surface area contributed by atoms with Gasteiger partial charge in [0.15, 0.2) is 0 Å². The second-order valence-electron chi connectivity index (χ2n) is 5.71. The third kappa shape index (κ3) is 3.05. The lowest BCUT2D eigenvalue weighted by Crippen LogP contribution is -2.47. The summed E-state index contributed by atoms with van der Waals surface area (Å²) in [5, 5.41) is 11.2. The van der Waals surface area contributed by atoms with E-state index in [1.807, 2.05) is 6.92 Å². The Balaban J connectivity index is 2.35. The number of piperidine rings is 1. The largest absolute Gasteiger partial charge is 0.335 e. The summed E-state index contributed by atoms with van der Waals surface area (Å²) in [6, 6.07) is 4.95. The van der Waals surface area contributed by atoms with Gasteiger partial charge in [0.05, 0.1) is 4.92 Å². The van der Waals surface area contributed by atoms with Crippen LogP contribution in [0.1, 0.15) is 35.7 Å². The van der Waals surface area contributed by atoms with Crippen LogP contribution >= 0.6 is 0 Å². The van der Waals surface area contributed by atoms with Crippen LogP contribution in [0.4, 0.5) is 5.69 Å². The van der Waals surface area contributed by atoms with Crippen LogP contribution in [0, 0.1) is 23.0 Å². The summed E-state index contributed by atoms with van der Waals surface area (Å²) in [7, 11) is 0. The monoisotopic (exact) mass is 291 g/mol. The molecule has 0 bridgehead atoms. The summed E-state index contributed by atoms with van der Waals surface area (Å²) in [5.41, 5.74) is 6.29. The number of likely N-dealkylation sites (tertiary alicyclic amines) is 1. The number of aryl methyl sites for hydroxylation is 1. The van der Waals surface area contributed by atoms with Gasteiger partial charge in [-0.3, -0.25) is 14.9 Å². The van der Waals surface area contributed by atoms with E-state index in [-0.39, 0.29) is 29.1 Å². The van der Waals surface area contributed by atoms with Gasteiger partial charge < -0.3 is 10.6 Å². The number of hydrogen-bond donors (Lipinski definition) is 1. The average Bonchev–Trinajstić information content (AvgIpc) is 2.46. The molecule has 21 heavy (non-hydrogen) atoms. The van der Waals surface area contributed by atoms with Crippen molar-refractivity contribution < 1.29 is 9.72 Å². The predicted molar refractivity (Wildman–Crippen MR) is 80.1 cm³/mol. The highest BCUT2D eigenvalue weighted by Crippen LogP contribution is 2.28. The van der Waals surface area contributed by atoms with Crippen LogP contribution < -0.4 is 5.73 Å². The van der Waals surface area contributed by atoms with E-state index in [9.17, 15) is 14.9 Å². The van der Waals surface area contributed by atoms with E-state index >= 15 is 0 Å². The molecule has 2 atom stereocenters. The molecule has 2 N–H and O–H groups in total. The van der Waals surface area contributed by atoms with Crippen molar-refractivity contribution in [2.75, 3.05) is 13.1 Å². The fourth-order valence-electron chi connectivity index (χ4n) is 2.89. The normalized spacial score (nSPS) is 22.1. The molecule has 0 aromatic heterocycles. The number of hydrogen-bond acceptors (Lipinski definition) is 4. The summed E-state index contributed by atoms with van der Waals surface area (Å²) < 4.78 is 0. The van der Waals surface area contributed by atoms with Crippen LogP contribution in [0.3, 0.4) is 0 Å². The number of nitro benzene ring substituents is 1. The van der Waals surface area contributed by atoms with Crippen LogP contribution in [0.15, 0.2) is 18.2 Å². The van der Waals surface area contributed by atoms with Crippen molar-refractivity contribution in [3.8, 4) is 0 Å². The molecule has 1 heterocycles. The van der Waals surface area contributed by atoms with Gasteiger partial charge in [-0.05, 0) is 45.2 Å². The van der Waals surface area contributed by atoms with E-state index in [2.05, 4.69) is 0 Å². The SMILES string of the molecule is Cc1cccc(C(=O)N2CC(CN)CCC2C)c1[N+](=O)[O-]. The van der Waals surface area contributed by atoms with Gasteiger partial charge in [-0.15, -0.1) is 0 Å². The quantitative estimate of drug-likeness (QED) is 0.682. The number of carbonyl (C=O) groups is 1. The molecule has 0 radical (unpaired) electrons. The Morgan fingerprint density at radius 2 is 2.19 bits per heavy atom. The first-order valence-corrected chi connectivity index (χ1v) is 7.20. The van der Waals surface area contributed by atoms with Crippen molar-refractivity contribution in [1.82, 2.24) is 4.90 Å². The molecule has 0 saturated carbocycles. The maximum atomic E-state index is 12.7. The average molecular weight is 291 g/mol. The topological polar surface area (TPSA) is 89.5 Å². The minimum atomic E-state index is -0.475. The molecular formula is C15H21N3O3. The fraction of sp³-hybridized carbons (Fsp3) is 0.533. The number of benzene rings is 1. The molecule has 2 unspecified atom stereocenters. The minimum absolute atomic E-state index is 0.0837. The number of nitro groups is 1. The smallest absolute Gasteiger partial charge is 0.285 e. The third-order valence-electron chi connectivity index (χ3n) is 4.22. The van der Waals surface area contributed by atoms with Crippen molar-refractivity contribution in [3.63, 3.8) is 0 Å². The van der Waals surface area contributed by atoms with Crippen LogP contribution in [0.2, 0.25) is 0 Å². The first-order chi connectivity index (χ1) is 9.95. The molecule has 1 aromatic rings. The molecule has 6 heteroatoms. The molecule has 2 rings (SSSR count). The van der Waals surface area contributed by atoms with Crippen LogP contribution in [-0.4, -0.2) is 34.9 Å². The molecule has 1 saturated heterocycles. The van der Waals surface area contributed by atoms with Crippen molar-refractivity contribution in [2.24, 2.45) is 11.7 Å². The number of amides is 1. The van der Waals surface area contributed by atoms with Crippen molar-refractivity contribution in [1.29, 1.82) is 0 Å². The molecule has 1 aliphatic rings. The Morgan fingerprint density at radius 1 is 1.48 bits per heavy atom. The number of rotatable bonds is 3. The lowest BCUT2D eigenvalue weighted by atomic mass is 9.92. The van der Waals surface area contributed by atoms with E-state index in [4.69, 9.17) is 5.73 Å². The summed E-state index contributed by atoms with van der Waals surface area (Å²) >= 11 is 0. The zero-order valence-corrected chi connectivity index (χ0v) is 12.4. The third-order valence-corrected chi connectivity index (χ3v) is 4.22. The first kappa shape index (κ1) is 15.4. The Morgan fingerprint density at radius 3 is 2.81 bits per heavy atom. The summed E-state index contributed by atoms with van der Waals surface area (Å²) in [6.45, 7) is 4.73. The number of nitrogens with zero attached hydrogens (tertiary/aromatic N) is 2. The molecule has 114 valence electrons. The second kappa shape index (κ2) is 6.22. The standard InChI is InChI=1S/C15H21N3O3/c1-10-4-3-5-13(14(10)18(20)21)15(19)17-9-12(8-16)7-6-11(17)2/h3-5,11-12H,6-9,16H2,1-2H3. The number of nitrogens with two attached hydrogens (primary N) is 1. The van der Waals surface area contributed by atoms with Gasteiger partial charge in [-0.25, -0.2) is 0 Å². The summed E-state index contributed by atoms with van der Waals surface area (Å²) in [5.74, 6) is 0.00469. The van der Waals surface area contributed by atoms with E-state index in [0.29, 0.717) is 18.7 Å². The van der Waals surface area contributed by atoms with Gasteiger partial charge in [-0.2, -0.15) is 0 Å². The van der Waals surface area contributed by atoms with E-state index < -0.39 is 4.92 Å². The maximum absolute atomic E-state index is 12.7. The van der Waals surface area contributed by atoms with Crippen molar-refractivity contribution in [2.45, 2.75) is 32.7 Å². The molecular weight excluding hydrogens is 270 g/mol. The number of carbonyl (C=O) groups excluding carboxylic acids is 1.